The summed E-state index contributed by atoms with van der Waals surface area (Å²) < 4.78 is 5.16. The van der Waals surface area contributed by atoms with Crippen LogP contribution in [0.1, 0.15) is 65.7 Å². The average molecular weight is 405 g/mol. The molecule has 4 rings (SSSR count). The number of amides is 4. The predicted octanol–water partition coefficient (Wildman–Crippen LogP) is 1.82. The molecule has 0 aromatic carbocycles. The minimum Gasteiger partial charge on any atom is -0.454 e. The standard InChI is InChI=1S/C21H31N3O5/c1-19(2)8-14-9-20(3,12-19)13-24(14)15(25)11-29-16(26)10-23-17(27)21(22-18(23)28)6-4-5-7-21/h14H,4-13H2,1-3H3,(H,22,28)/t14-,20-/m0/s1. The van der Waals surface area contributed by atoms with E-state index in [2.05, 4.69) is 26.1 Å². The van der Waals surface area contributed by atoms with E-state index in [0.29, 0.717) is 19.4 Å². The average Bonchev–Trinajstić information content (AvgIpc) is 3.24. The number of esters is 1. The Kier molecular flexibility index (Phi) is 4.66. The van der Waals surface area contributed by atoms with E-state index in [1.807, 2.05) is 4.90 Å². The fraction of sp³-hybridized carbons (Fsp3) is 0.810. The molecule has 160 valence electrons. The van der Waals surface area contributed by atoms with Crippen LogP contribution in [0.15, 0.2) is 0 Å². The number of fused-ring (bicyclic) bond motifs is 2. The largest absolute Gasteiger partial charge is 0.454 e. The van der Waals surface area contributed by atoms with Gasteiger partial charge in [0.05, 0.1) is 0 Å². The molecular formula is C21H31N3O5. The molecule has 8 nitrogen and oxygen atoms in total. The number of imide groups is 1. The normalized spacial score (nSPS) is 32.0. The number of urea groups is 1. The van der Waals surface area contributed by atoms with Crippen LogP contribution >= 0.6 is 0 Å². The molecule has 2 atom stereocenters. The molecule has 0 aromatic rings. The zero-order valence-corrected chi connectivity index (χ0v) is 17.6. The molecule has 1 spiro atoms. The molecule has 2 saturated heterocycles. The van der Waals surface area contributed by atoms with E-state index >= 15 is 0 Å². The van der Waals surface area contributed by atoms with Crippen molar-refractivity contribution in [2.45, 2.75) is 77.3 Å². The molecule has 2 saturated carbocycles. The molecule has 8 heteroatoms. The van der Waals surface area contributed by atoms with Gasteiger partial charge in [-0.25, -0.2) is 4.79 Å². The van der Waals surface area contributed by atoms with Gasteiger partial charge in [-0.2, -0.15) is 0 Å². The van der Waals surface area contributed by atoms with Crippen molar-refractivity contribution in [2.75, 3.05) is 19.7 Å². The van der Waals surface area contributed by atoms with Gasteiger partial charge in [0, 0.05) is 12.6 Å². The predicted molar refractivity (Wildman–Crippen MR) is 104 cm³/mol. The van der Waals surface area contributed by atoms with Gasteiger partial charge in [-0.15, -0.1) is 0 Å². The summed E-state index contributed by atoms with van der Waals surface area (Å²) >= 11 is 0. The summed E-state index contributed by atoms with van der Waals surface area (Å²) in [5, 5.41) is 2.74. The molecule has 4 amide bonds. The van der Waals surface area contributed by atoms with Crippen LogP contribution in [0.25, 0.3) is 0 Å². The number of rotatable bonds is 4. The van der Waals surface area contributed by atoms with Crippen LogP contribution in [0.5, 0.6) is 0 Å². The Morgan fingerprint density at radius 3 is 2.52 bits per heavy atom. The van der Waals surface area contributed by atoms with Gasteiger partial charge in [0.2, 0.25) is 0 Å². The highest BCUT2D eigenvalue weighted by molar-refractivity contribution is 6.08. The zero-order chi connectivity index (χ0) is 21.0. The minimum absolute atomic E-state index is 0.113. The third kappa shape index (κ3) is 3.62. The first-order valence-electron chi connectivity index (χ1n) is 10.6. The highest BCUT2D eigenvalue weighted by Crippen LogP contribution is 2.52. The molecule has 1 N–H and O–H groups in total. The number of carbonyl (C=O) groups is 4. The van der Waals surface area contributed by atoms with E-state index in [1.165, 1.54) is 0 Å². The topological polar surface area (TPSA) is 96.0 Å². The fourth-order valence-corrected chi connectivity index (χ4v) is 6.29. The maximum atomic E-state index is 12.7. The van der Waals surface area contributed by atoms with Gasteiger partial charge < -0.3 is 15.0 Å². The van der Waals surface area contributed by atoms with E-state index < -0.39 is 24.1 Å². The van der Waals surface area contributed by atoms with Gasteiger partial charge in [0.15, 0.2) is 6.61 Å². The van der Waals surface area contributed by atoms with Crippen LogP contribution in [0, 0.1) is 10.8 Å². The first-order chi connectivity index (χ1) is 13.5. The van der Waals surface area contributed by atoms with Crippen LogP contribution in [0.4, 0.5) is 4.79 Å². The molecule has 2 heterocycles. The molecule has 4 aliphatic rings. The third-order valence-corrected chi connectivity index (χ3v) is 7.08. The lowest BCUT2D eigenvalue weighted by Crippen LogP contribution is -2.44. The molecule has 0 radical (unpaired) electrons. The summed E-state index contributed by atoms with van der Waals surface area (Å²) in [5.41, 5.74) is -0.534. The first kappa shape index (κ1) is 20.2. The monoisotopic (exact) mass is 405 g/mol. The van der Waals surface area contributed by atoms with Crippen molar-refractivity contribution in [2.24, 2.45) is 10.8 Å². The zero-order valence-electron chi connectivity index (χ0n) is 17.6. The molecule has 29 heavy (non-hydrogen) atoms. The van der Waals surface area contributed by atoms with Crippen molar-refractivity contribution in [3.05, 3.63) is 0 Å². The second-order valence-electron chi connectivity index (χ2n) is 10.5. The molecule has 0 aromatic heterocycles. The minimum atomic E-state index is -0.845. The number of likely N-dealkylation sites (tertiary alicyclic amines) is 1. The van der Waals surface area contributed by atoms with Crippen molar-refractivity contribution >= 4 is 23.8 Å². The van der Waals surface area contributed by atoms with E-state index in [4.69, 9.17) is 4.74 Å². The Labute approximate surface area is 171 Å². The van der Waals surface area contributed by atoms with E-state index in [0.717, 1.165) is 37.0 Å². The van der Waals surface area contributed by atoms with E-state index in [-0.39, 0.29) is 35.3 Å². The molecular weight excluding hydrogens is 374 g/mol. The van der Waals surface area contributed by atoms with Crippen molar-refractivity contribution in [3.63, 3.8) is 0 Å². The van der Waals surface area contributed by atoms with Crippen LogP contribution in [-0.4, -0.2) is 64.9 Å². The first-order valence-corrected chi connectivity index (χ1v) is 10.6. The maximum Gasteiger partial charge on any atom is 0.326 e. The van der Waals surface area contributed by atoms with Crippen molar-refractivity contribution < 1.29 is 23.9 Å². The SMILES string of the molecule is CC1(C)C[C@H]2C[C@](C)(CN2C(=O)COC(=O)CN2C(=O)NC3(CCCC3)C2=O)C1. The Balaban J connectivity index is 1.31. The Morgan fingerprint density at radius 1 is 1.14 bits per heavy atom. The van der Waals surface area contributed by atoms with Crippen LogP contribution in [0.3, 0.4) is 0 Å². The number of carbonyl (C=O) groups excluding carboxylic acids is 4. The number of ether oxygens (including phenoxy) is 1. The van der Waals surface area contributed by atoms with Gasteiger partial charge in [0.25, 0.3) is 11.8 Å². The van der Waals surface area contributed by atoms with Crippen molar-refractivity contribution in [1.82, 2.24) is 15.1 Å². The fourth-order valence-electron chi connectivity index (χ4n) is 6.29. The van der Waals surface area contributed by atoms with Crippen molar-refractivity contribution in [1.29, 1.82) is 0 Å². The van der Waals surface area contributed by atoms with Gasteiger partial charge in [-0.3, -0.25) is 19.3 Å². The lowest BCUT2D eigenvalue weighted by Gasteiger charge is -2.39. The highest BCUT2D eigenvalue weighted by Gasteiger charge is 2.53. The van der Waals surface area contributed by atoms with Gasteiger partial charge in [0.1, 0.15) is 12.1 Å². The number of hydrogen-bond acceptors (Lipinski definition) is 5. The molecule has 2 aliphatic carbocycles. The summed E-state index contributed by atoms with van der Waals surface area (Å²) in [6, 6.07) is -0.369. The summed E-state index contributed by atoms with van der Waals surface area (Å²) in [6.07, 6.45) is 5.98. The summed E-state index contributed by atoms with van der Waals surface area (Å²) in [7, 11) is 0. The second kappa shape index (κ2) is 6.71. The van der Waals surface area contributed by atoms with Crippen LogP contribution in [-0.2, 0) is 19.1 Å². The smallest absolute Gasteiger partial charge is 0.326 e. The third-order valence-electron chi connectivity index (χ3n) is 7.08. The summed E-state index contributed by atoms with van der Waals surface area (Å²) in [4.78, 5) is 52.5. The second-order valence-corrected chi connectivity index (χ2v) is 10.5. The molecule has 0 unspecified atom stereocenters. The molecule has 2 aliphatic heterocycles. The van der Waals surface area contributed by atoms with Gasteiger partial charge in [-0.1, -0.05) is 33.6 Å². The Morgan fingerprint density at radius 2 is 1.83 bits per heavy atom. The summed E-state index contributed by atoms with van der Waals surface area (Å²) in [6.45, 7) is 6.58. The number of nitrogens with one attached hydrogen (secondary N) is 1. The number of hydrogen-bond donors (Lipinski definition) is 1. The highest BCUT2D eigenvalue weighted by atomic mass is 16.5. The molecule has 2 bridgehead atoms. The van der Waals surface area contributed by atoms with Gasteiger partial charge in [-0.05, 0) is 42.9 Å². The van der Waals surface area contributed by atoms with Crippen molar-refractivity contribution in [3.8, 4) is 0 Å². The Hall–Kier alpha value is -2.12. The number of nitrogens with zero attached hydrogens (tertiary/aromatic N) is 2. The van der Waals surface area contributed by atoms with Crippen LogP contribution < -0.4 is 5.32 Å². The Bertz CT molecular complexity index is 757. The van der Waals surface area contributed by atoms with Gasteiger partial charge >= 0.3 is 12.0 Å². The summed E-state index contributed by atoms with van der Waals surface area (Å²) in [5.74, 6) is -1.29. The lowest BCUT2D eigenvalue weighted by atomic mass is 9.65. The van der Waals surface area contributed by atoms with E-state index in [9.17, 15) is 19.2 Å². The van der Waals surface area contributed by atoms with Crippen LogP contribution in [0.2, 0.25) is 0 Å². The maximum absolute atomic E-state index is 12.7. The molecule has 4 fully saturated rings. The quantitative estimate of drug-likeness (QED) is 0.569. The van der Waals surface area contributed by atoms with E-state index in [1.54, 1.807) is 0 Å². The lowest BCUT2D eigenvalue weighted by molar-refractivity contribution is -0.154.